The van der Waals surface area contributed by atoms with Gasteiger partial charge in [0, 0.05) is 25.2 Å². The summed E-state index contributed by atoms with van der Waals surface area (Å²) in [5.41, 5.74) is 0.203. The third-order valence-electron chi connectivity index (χ3n) is 2.20. The first-order valence-electron chi connectivity index (χ1n) is 5.08. The molecule has 0 bridgehead atoms. The Morgan fingerprint density at radius 3 is 2.35 bits per heavy atom. The zero-order chi connectivity index (χ0) is 12.8. The monoisotopic (exact) mass is 300 g/mol. The van der Waals surface area contributed by atoms with Crippen molar-refractivity contribution in [2.75, 3.05) is 13.1 Å². The molecule has 0 heterocycles. The summed E-state index contributed by atoms with van der Waals surface area (Å²) >= 11 is 2.92. The van der Waals surface area contributed by atoms with Crippen LogP contribution in [0, 0.1) is 17.7 Å². The van der Waals surface area contributed by atoms with Gasteiger partial charge in [0.05, 0.1) is 4.47 Å². The molecular formula is C13H13BrF2N. The highest BCUT2D eigenvalue weighted by Gasteiger charge is 2.14. The molecule has 4 heteroatoms. The van der Waals surface area contributed by atoms with Gasteiger partial charge in [-0.05, 0) is 28.1 Å². The maximum absolute atomic E-state index is 13.6. The van der Waals surface area contributed by atoms with Crippen molar-refractivity contribution in [1.82, 2.24) is 4.90 Å². The highest BCUT2D eigenvalue weighted by molar-refractivity contribution is 9.10. The predicted octanol–water partition coefficient (Wildman–Crippen LogP) is 3.70. The molecule has 0 fully saturated rings. The van der Waals surface area contributed by atoms with E-state index in [0.717, 1.165) is 0 Å². The third-order valence-corrected chi connectivity index (χ3v) is 2.77. The molecule has 1 aromatic rings. The van der Waals surface area contributed by atoms with E-state index in [2.05, 4.69) is 35.2 Å². The summed E-state index contributed by atoms with van der Waals surface area (Å²) in [6, 6.07) is 4.10. The number of hydrogen-bond acceptors (Lipinski definition) is 1. The van der Waals surface area contributed by atoms with Crippen LogP contribution in [0.25, 0.3) is 0 Å². The van der Waals surface area contributed by atoms with Gasteiger partial charge < -0.3 is 0 Å². The summed E-state index contributed by atoms with van der Waals surface area (Å²) < 4.78 is 27.0. The van der Waals surface area contributed by atoms with Gasteiger partial charge in [-0.25, -0.2) is 8.78 Å². The summed E-state index contributed by atoms with van der Waals surface area (Å²) in [7, 11) is 0. The zero-order valence-corrected chi connectivity index (χ0v) is 10.9. The summed E-state index contributed by atoms with van der Waals surface area (Å²) in [5, 5.41) is 0. The lowest BCUT2D eigenvalue weighted by Gasteiger charge is -2.19. The van der Waals surface area contributed by atoms with Crippen LogP contribution in [0.2, 0.25) is 0 Å². The lowest BCUT2D eigenvalue weighted by Crippen LogP contribution is -2.24. The molecule has 17 heavy (non-hydrogen) atoms. The average Bonchev–Trinajstić information content (AvgIpc) is 2.30. The zero-order valence-electron chi connectivity index (χ0n) is 9.35. The van der Waals surface area contributed by atoms with Gasteiger partial charge >= 0.3 is 0 Å². The third kappa shape index (κ3) is 3.75. The molecule has 1 aromatic carbocycles. The van der Waals surface area contributed by atoms with Crippen LogP contribution in [-0.2, 0) is 6.54 Å². The predicted molar refractivity (Wildman–Crippen MR) is 68.6 cm³/mol. The molecule has 0 N–H and O–H groups in total. The van der Waals surface area contributed by atoms with Crippen LogP contribution < -0.4 is 0 Å². The fourth-order valence-electron chi connectivity index (χ4n) is 1.42. The Kier molecular flexibility index (Phi) is 5.51. The molecule has 0 aliphatic heterocycles. The molecule has 1 radical (unpaired) electrons. The molecule has 0 spiro atoms. The maximum atomic E-state index is 13.6. The van der Waals surface area contributed by atoms with Crippen molar-refractivity contribution in [3.05, 3.63) is 59.1 Å². The number of halogens is 3. The van der Waals surface area contributed by atoms with Crippen molar-refractivity contribution >= 4 is 15.9 Å². The fraction of sp³-hybridized carbons (Fsp3) is 0.231. The Balaban J connectivity index is 2.89. The average molecular weight is 301 g/mol. The second kappa shape index (κ2) is 6.67. The Labute approximate surface area is 109 Å². The number of nitrogens with zero attached hydrogens (tertiary/aromatic N) is 1. The van der Waals surface area contributed by atoms with E-state index in [4.69, 9.17) is 0 Å². The van der Waals surface area contributed by atoms with Gasteiger partial charge in [0.25, 0.3) is 0 Å². The van der Waals surface area contributed by atoms with Crippen LogP contribution in [0.4, 0.5) is 8.78 Å². The summed E-state index contributed by atoms with van der Waals surface area (Å²) in [4.78, 5) is 1.88. The Hall–Kier alpha value is -1.00. The van der Waals surface area contributed by atoms with Gasteiger partial charge in [0.2, 0.25) is 0 Å². The van der Waals surface area contributed by atoms with Crippen LogP contribution >= 0.6 is 15.9 Å². The van der Waals surface area contributed by atoms with Gasteiger partial charge in [-0.2, -0.15) is 0 Å². The smallest absolute Gasteiger partial charge is 0.173 e. The minimum Gasteiger partial charge on any atom is -0.292 e. The summed E-state index contributed by atoms with van der Waals surface area (Å²) in [6.07, 6.45) is 3.41. The molecule has 0 saturated carbocycles. The SMILES string of the molecule is C=CCN(CC=C)Cc1[c]cc(Br)c(F)c1F. The van der Waals surface area contributed by atoms with E-state index in [1.807, 2.05) is 4.90 Å². The fourth-order valence-corrected chi connectivity index (χ4v) is 1.71. The Morgan fingerprint density at radius 2 is 1.82 bits per heavy atom. The van der Waals surface area contributed by atoms with Crippen molar-refractivity contribution in [2.45, 2.75) is 6.54 Å². The molecule has 91 valence electrons. The highest BCUT2D eigenvalue weighted by atomic mass is 79.9. The highest BCUT2D eigenvalue weighted by Crippen LogP contribution is 2.21. The first kappa shape index (κ1) is 14.1. The molecule has 0 aromatic heterocycles. The van der Waals surface area contributed by atoms with Crippen molar-refractivity contribution in [2.24, 2.45) is 0 Å². The molecule has 0 aliphatic rings. The maximum Gasteiger partial charge on any atom is 0.173 e. The van der Waals surface area contributed by atoms with Crippen LogP contribution in [0.5, 0.6) is 0 Å². The Bertz CT molecular complexity index is 408. The lowest BCUT2D eigenvalue weighted by atomic mass is 10.2. The quantitative estimate of drug-likeness (QED) is 0.572. The van der Waals surface area contributed by atoms with Crippen molar-refractivity contribution < 1.29 is 8.78 Å². The van der Waals surface area contributed by atoms with Crippen LogP contribution in [0.1, 0.15) is 5.56 Å². The second-order valence-corrected chi connectivity index (χ2v) is 4.37. The van der Waals surface area contributed by atoms with Crippen molar-refractivity contribution in [3.8, 4) is 0 Å². The molecule has 0 saturated heterocycles. The first-order valence-corrected chi connectivity index (χ1v) is 5.87. The number of benzene rings is 1. The van der Waals surface area contributed by atoms with E-state index in [9.17, 15) is 8.78 Å². The molecule has 1 rings (SSSR count). The minimum absolute atomic E-state index is 0.0812. The van der Waals surface area contributed by atoms with Gasteiger partial charge in [-0.3, -0.25) is 4.90 Å². The van der Waals surface area contributed by atoms with E-state index >= 15 is 0 Å². The summed E-state index contributed by atoms with van der Waals surface area (Å²) in [6.45, 7) is 8.67. The van der Waals surface area contributed by atoms with Gasteiger partial charge in [-0.15, -0.1) is 13.2 Å². The lowest BCUT2D eigenvalue weighted by molar-refractivity contribution is 0.319. The van der Waals surface area contributed by atoms with E-state index in [1.54, 1.807) is 12.2 Å². The molecular weight excluding hydrogens is 288 g/mol. The van der Waals surface area contributed by atoms with Crippen molar-refractivity contribution in [1.29, 1.82) is 0 Å². The van der Waals surface area contributed by atoms with Gasteiger partial charge in [0.1, 0.15) is 0 Å². The van der Waals surface area contributed by atoms with Gasteiger partial charge in [0.15, 0.2) is 11.6 Å². The molecule has 0 unspecified atom stereocenters. The molecule has 0 atom stereocenters. The van der Waals surface area contributed by atoms with Gasteiger partial charge in [-0.1, -0.05) is 12.2 Å². The summed E-state index contributed by atoms with van der Waals surface area (Å²) in [5.74, 6) is -1.74. The number of hydrogen-bond donors (Lipinski definition) is 0. The van der Waals surface area contributed by atoms with E-state index < -0.39 is 11.6 Å². The first-order chi connectivity index (χ1) is 8.10. The second-order valence-electron chi connectivity index (χ2n) is 3.51. The van der Waals surface area contributed by atoms with E-state index in [-0.39, 0.29) is 16.6 Å². The molecule has 0 amide bonds. The van der Waals surface area contributed by atoms with Crippen LogP contribution in [0.15, 0.2) is 35.8 Å². The minimum atomic E-state index is -0.879. The normalized spacial score (nSPS) is 10.6. The van der Waals surface area contributed by atoms with E-state index in [1.165, 1.54) is 6.07 Å². The largest absolute Gasteiger partial charge is 0.292 e. The molecule has 0 aliphatic carbocycles. The standard InChI is InChI=1S/C13H13BrF2N/c1-3-7-17(8-4-2)9-10-5-6-11(14)13(16)12(10)15/h3-4,6H,1-2,7-9H2. The van der Waals surface area contributed by atoms with Crippen LogP contribution in [-0.4, -0.2) is 18.0 Å². The molecule has 1 nitrogen and oxygen atoms in total. The topological polar surface area (TPSA) is 3.24 Å². The number of rotatable bonds is 6. The van der Waals surface area contributed by atoms with Crippen LogP contribution in [0.3, 0.4) is 0 Å². The Morgan fingerprint density at radius 1 is 1.24 bits per heavy atom. The van der Waals surface area contributed by atoms with Crippen molar-refractivity contribution in [3.63, 3.8) is 0 Å². The van der Waals surface area contributed by atoms with E-state index in [0.29, 0.717) is 13.1 Å².